The monoisotopic (exact) mass is 464 g/mol. The number of benzene rings is 1. The summed E-state index contributed by atoms with van der Waals surface area (Å²) in [5.41, 5.74) is 1.55. The summed E-state index contributed by atoms with van der Waals surface area (Å²) in [6.07, 6.45) is 0. The second-order valence-corrected chi connectivity index (χ2v) is 7.54. The minimum absolute atomic E-state index is 0. The van der Waals surface area contributed by atoms with Gasteiger partial charge in [-0.05, 0) is 25.2 Å². The lowest BCUT2D eigenvalue weighted by molar-refractivity contribution is -0.116. The van der Waals surface area contributed by atoms with Crippen molar-refractivity contribution in [3.63, 3.8) is 0 Å². The average molecular weight is 465 g/mol. The minimum atomic E-state index is -0.114. The first kappa shape index (κ1) is 24.5. The Morgan fingerprint density at radius 2 is 1.25 bits per heavy atom. The molecule has 0 saturated carbocycles. The zero-order valence-electron chi connectivity index (χ0n) is 15.3. The van der Waals surface area contributed by atoms with Crippen LogP contribution in [0.5, 0.6) is 0 Å². The van der Waals surface area contributed by atoms with Gasteiger partial charge in [0.1, 0.15) is 0 Å². The molecule has 0 fully saturated rings. The Balaban J connectivity index is 0.00000196. The van der Waals surface area contributed by atoms with E-state index in [9.17, 15) is 9.59 Å². The van der Waals surface area contributed by atoms with Gasteiger partial charge in [-0.3, -0.25) is 9.59 Å². The van der Waals surface area contributed by atoms with Gasteiger partial charge < -0.3 is 21.3 Å². The number of carbonyl (C=O) groups excluding carboxylic acids is 2. The van der Waals surface area contributed by atoms with Crippen molar-refractivity contribution in [2.24, 2.45) is 0 Å². The van der Waals surface area contributed by atoms with Crippen molar-refractivity contribution in [1.82, 2.24) is 20.6 Å². The number of hydrogen-bond acceptors (Lipinski definition) is 8. The summed E-state index contributed by atoms with van der Waals surface area (Å²) in [6.45, 7) is 5.90. The molecular formula is C16H22Cl2N6O2S2. The van der Waals surface area contributed by atoms with Crippen LogP contribution in [0.3, 0.4) is 0 Å². The van der Waals surface area contributed by atoms with Gasteiger partial charge in [-0.1, -0.05) is 36.5 Å². The molecule has 0 aliphatic carbocycles. The van der Waals surface area contributed by atoms with Crippen LogP contribution in [0.4, 0.5) is 10.3 Å². The number of amides is 2. The highest BCUT2D eigenvalue weighted by Crippen LogP contribution is 2.33. The predicted molar refractivity (Wildman–Crippen MR) is 122 cm³/mol. The highest BCUT2D eigenvalue weighted by molar-refractivity contribution is 7.24. The Labute approximate surface area is 182 Å². The molecule has 3 aromatic rings. The van der Waals surface area contributed by atoms with Crippen LogP contribution < -0.4 is 21.3 Å². The van der Waals surface area contributed by atoms with E-state index in [4.69, 9.17) is 0 Å². The van der Waals surface area contributed by atoms with Crippen molar-refractivity contribution in [3.05, 3.63) is 12.1 Å². The van der Waals surface area contributed by atoms with E-state index < -0.39 is 0 Å². The number of halogens is 2. The van der Waals surface area contributed by atoms with Crippen LogP contribution in [0.1, 0.15) is 13.8 Å². The molecule has 0 unspecified atom stereocenters. The maximum Gasteiger partial charge on any atom is 0.240 e. The van der Waals surface area contributed by atoms with Crippen molar-refractivity contribution in [1.29, 1.82) is 0 Å². The molecule has 0 radical (unpaired) electrons. The van der Waals surface area contributed by atoms with E-state index in [0.29, 0.717) is 10.3 Å². The van der Waals surface area contributed by atoms with Crippen molar-refractivity contribution in [3.8, 4) is 0 Å². The van der Waals surface area contributed by atoms with Crippen LogP contribution in [0.2, 0.25) is 0 Å². The number of aromatic nitrogens is 2. The molecule has 0 atom stereocenters. The van der Waals surface area contributed by atoms with Crippen LogP contribution in [-0.2, 0) is 9.59 Å². The lowest BCUT2D eigenvalue weighted by atomic mass is 10.3. The summed E-state index contributed by atoms with van der Waals surface area (Å²) in [5.74, 6) is -0.229. The summed E-state index contributed by atoms with van der Waals surface area (Å²) < 4.78 is 1.93. The van der Waals surface area contributed by atoms with E-state index in [2.05, 4.69) is 31.2 Å². The van der Waals surface area contributed by atoms with Gasteiger partial charge in [-0.25, -0.2) is 9.97 Å². The molecule has 0 bridgehead atoms. The number of likely N-dealkylation sites (N-methyl/N-ethyl adjacent to an activating group) is 2. The molecule has 2 aromatic heterocycles. The zero-order valence-corrected chi connectivity index (χ0v) is 18.6. The maximum absolute atomic E-state index is 11.8. The lowest BCUT2D eigenvalue weighted by Gasteiger charge is -2.00. The Hall–Kier alpha value is -1.56. The van der Waals surface area contributed by atoms with Crippen molar-refractivity contribution in [2.75, 3.05) is 36.8 Å². The molecule has 2 amide bonds. The Kier molecular flexibility index (Phi) is 10.0. The summed E-state index contributed by atoms with van der Waals surface area (Å²) in [5, 5.41) is 12.7. The van der Waals surface area contributed by atoms with Gasteiger partial charge in [0.05, 0.1) is 33.5 Å². The number of rotatable bonds is 8. The van der Waals surface area contributed by atoms with Crippen molar-refractivity contribution >= 4 is 90.0 Å². The Morgan fingerprint density at radius 3 is 1.64 bits per heavy atom. The van der Waals surface area contributed by atoms with Gasteiger partial charge in [-0.2, -0.15) is 0 Å². The predicted octanol–water partition coefficient (Wildman–Crippen LogP) is 2.85. The van der Waals surface area contributed by atoms with Gasteiger partial charge in [0.2, 0.25) is 11.8 Å². The fraction of sp³-hybridized carbons (Fsp3) is 0.375. The van der Waals surface area contributed by atoms with Gasteiger partial charge >= 0.3 is 0 Å². The summed E-state index contributed by atoms with van der Waals surface area (Å²) in [7, 11) is 0. The second-order valence-electron chi connectivity index (χ2n) is 5.48. The van der Waals surface area contributed by atoms with Gasteiger partial charge in [0.25, 0.3) is 0 Å². The van der Waals surface area contributed by atoms with Crippen LogP contribution in [-0.4, -0.2) is 48.0 Å². The maximum atomic E-state index is 11.8. The largest absolute Gasteiger partial charge is 0.309 e. The topological polar surface area (TPSA) is 108 Å². The third-order valence-electron chi connectivity index (χ3n) is 3.46. The van der Waals surface area contributed by atoms with Crippen molar-refractivity contribution < 1.29 is 9.59 Å². The second kappa shape index (κ2) is 11.4. The number of hydrogen-bond donors (Lipinski definition) is 4. The highest BCUT2D eigenvalue weighted by atomic mass is 35.5. The van der Waals surface area contributed by atoms with E-state index in [1.54, 1.807) is 0 Å². The molecular weight excluding hydrogens is 443 g/mol. The van der Waals surface area contributed by atoms with Gasteiger partial charge in [-0.15, -0.1) is 24.8 Å². The normalized spacial score (nSPS) is 10.4. The number of thiazole rings is 2. The third kappa shape index (κ3) is 6.23. The quantitative estimate of drug-likeness (QED) is 0.408. The third-order valence-corrected chi connectivity index (χ3v) is 5.33. The Morgan fingerprint density at radius 1 is 0.821 bits per heavy atom. The first-order valence-corrected chi connectivity index (χ1v) is 9.94. The number of nitrogens with zero attached hydrogens (tertiary/aromatic N) is 2. The van der Waals surface area contributed by atoms with E-state index in [1.807, 2.05) is 26.0 Å². The fourth-order valence-corrected chi connectivity index (χ4v) is 4.14. The lowest BCUT2D eigenvalue weighted by Crippen LogP contribution is -2.27. The van der Waals surface area contributed by atoms with Crippen molar-refractivity contribution in [2.45, 2.75) is 13.8 Å². The van der Waals surface area contributed by atoms with E-state index in [0.717, 1.165) is 33.5 Å². The molecule has 154 valence electrons. The van der Waals surface area contributed by atoms with E-state index >= 15 is 0 Å². The average Bonchev–Trinajstić information content (AvgIpc) is 3.17. The molecule has 8 nitrogen and oxygen atoms in total. The SMILES string of the molecule is CCNCC(=O)Nc1nc2cc3nc(NC(=O)CNCC)sc3cc2s1.Cl.Cl. The standard InChI is InChI=1S/C16H20N6O2S2.2ClH/c1-3-17-7-13(23)21-15-19-9-5-10-12(6-11(9)25-15)26-16(20-10)22-14(24)8-18-4-2;;/h5-6,17-18H,3-4,7-8H2,1-2H3,(H,19,21,23)(H,20,22,24);2*1H. The molecule has 0 aliphatic heterocycles. The summed E-state index contributed by atoms with van der Waals surface area (Å²) in [4.78, 5) is 32.5. The van der Waals surface area contributed by atoms with Crippen LogP contribution in [0, 0.1) is 0 Å². The number of nitrogens with one attached hydrogen (secondary N) is 4. The van der Waals surface area contributed by atoms with Crippen LogP contribution in [0.15, 0.2) is 12.1 Å². The molecule has 1 aromatic carbocycles. The minimum Gasteiger partial charge on any atom is -0.309 e. The van der Waals surface area contributed by atoms with Crippen LogP contribution in [0.25, 0.3) is 20.4 Å². The van der Waals surface area contributed by atoms with E-state index in [1.165, 1.54) is 22.7 Å². The molecule has 0 saturated heterocycles. The summed E-state index contributed by atoms with van der Waals surface area (Å²) >= 11 is 2.84. The molecule has 0 aliphatic rings. The summed E-state index contributed by atoms with van der Waals surface area (Å²) in [6, 6.07) is 3.86. The molecule has 28 heavy (non-hydrogen) atoms. The number of fused-ring (bicyclic) bond motifs is 2. The number of anilines is 2. The smallest absolute Gasteiger partial charge is 0.240 e. The first-order valence-electron chi connectivity index (χ1n) is 8.31. The Bertz CT molecular complexity index is 823. The highest BCUT2D eigenvalue weighted by Gasteiger charge is 2.12. The first-order chi connectivity index (χ1) is 12.6. The van der Waals surface area contributed by atoms with E-state index in [-0.39, 0.29) is 49.7 Å². The molecule has 0 spiro atoms. The zero-order chi connectivity index (χ0) is 18.5. The molecule has 2 heterocycles. The molecule has 4 N–H and O–H groups in total. The van der Waals surface area contributed by atoms with Gasteiger partial charge in [0, 0.05) is 0 Å². The molecule has 3 rings (SSSR count). The fourth-order valence-electron chi connectivity index (χ4n) is 2.26. The number of carbonyl (C=O) groups is 2. The van der Waals surface area contributed by atoms with Gasteiger partial charge in [0.15, 0.2) is 10.3 Å². The molecule has 12 heteroatoms. The van der Waals surface area contributed by atoms with Crippen LogP contribution >= 0.6 is 47.5 Å².